The van der Waals surface area contributed by atoms with Crippen LogP contribution in [0.15, 0.2) is 33.5 Å². The summed E-state index contributed by atoms with van der Waals surface area (Å²) >= 11 is 0. The minimum atomic E-state index is -0.684. The molecule has 234 valence electrons. The predicted octanol–water partition coefficient (Wildman–Crippen LogP) is 6.58. The fourth-order valence-electron chi connectivity index (χ4n) is 10.1. The lowest BCUT2D eigenvalue weighted by atomic mass is 9.43. The molecule has 4 unspecified atom stereocenters. The summed E-state index contributed by atoms with van der Waals surface area (Å²) in [6, 6.07) is 6.76. The highest BCUT2D eigenvalue weighted by atomic mass is 35.5. The summed E-state index contributed by atoms with van der Waals surface area (Å²) in [7, 11) is 0. The van der Waals surface area contributed by atoms with Crippen LogP contribution in [0.2, 0.25) is 0 Å². The standard InChI is InChI=1S/C24H40O4.C10H9NO2.ClH/c1-14(4-7-21(27)28)17-5-6-18-22-19(9-11-24(17,18)3)23(2)10-8-16(25)12-15(23)13-20(22)26;1-6-4-10(12)13-9-5-7(11)2-3-8(6)9;/h14-20,22,25-26H,4-13H2,1-3H3,(H,27,28);2-5H,11H2,1H3;1H/t14-,15?,16-,17-,18?,19?,20-,22?,23+,24-;;/m1../s1. The van der Waals surface area contributed by atoms with Gasteiger partial charge in [0.15, 0.2) is 0 Å². The molecular formula is C34H50ClNO6. The molecule has 0 spiro atoms. The molecule has 1 aromatic carbocycles. The average Bonchev–Trinajstić information content (AvgIpc) is 3.25. The molecule has 1 heterocycles. The van der Waals surface area contributed by atoms with Gasteiger partial charge in [0.1, 0.15) is 5.58 Å². The summed E-state index contributed by atoms with van der Waals surface area (Å²) in [4.78, 5) is 22.1. The molecule has 7 nitrogen and oxygen atoms in total. The van der Waals surface area contributed by atoms with E-state index >= 15 is 0 Å². The lowest BCUT2D eigenvalue weighted by Gasteiger charge is -2.62. The van der Waals surface area contributed by atoms with Crippen molar-refractivity contribution >= 4 is 35.0 Å². The van der Waals surface area contributed by atoms with Crippen molar-refractivity contribution in [2.24, 2.45) is 46.3 Å². The van der Waals surface area contributed by atoms with Gasteiger partial charge in [-0.1, -0.05) is 20.8 Å². The highest BCUT2D eigenvalue weighted by Crippen LogP contribution is 2.68. The quantitative estimate of drug-likeness (QED) is 0.229. The van der Waals surface area contributed by atoms with Crippen LogP contribution in [-0.4, -0.2) is 33.5 Å². The highest BCUT2D eigenvalue weighted by Gasteiger charge is 2.62. The number of carboxylic acids is 1. The first-order valence-corrected chi connectivity index (χ1v) is 15.7. The van der Waals surface area contributed by atoms with Crippen LogP contribution in [0.25, 0.3) is 11.0 Å². The van der Waals surface area contributed by atoms with E-state index in [0.717, 1.165) is 43.1 Å². The molecule has 0 amide bonds. The molecule has 4 fully saturated rings. The van der Waals surface area contributed by atoms with Gasteiger partial charge in [-0.05, 0) is 129 Å². The molecule has 4 saturated carbocycles. The number of rotatable bonds is 4. The first kappa shape index (κ1) is 32.8. The maximum Gasteiger partial charge on any atom is 0.336 e. The maximum atomic E-state index is 11.2. The number of hydrogen-bond acceptors (Lipinski definition) is 6. The molecule has 0 aliphatic heterocycles. The molecule has 10 atom stereocenters. The van der Waals surface area contributed by atoms with E-state index in [1.807, 2.05) is 13.0 Å². The van der Waals surface area contributed by atoms with Crippen LogP contribution >= 0.6 is 12.4 Å². The number of halogens is 1. The van der Waals surface area contributed by atoms with Gasteiger partial charge in [-0.25, -0.2) is 4.79 Å². The molecule has 42 heavy (non-hydrogen) atoms. The molecular weight excluding hydrogens is 554 g/mol. The van der Waals surface area contributed by atoms with Gasteiger partial charge >= 0.3 is 11.6 Å². The monoisotopic (exact) mass is 603 g/mol. The third-order valence-electron chi connectivity index (χ3n) is 12.2. The van der Waals surface area contributed by atoms with Crippen molar-refractivity contribution < 1.29 is 24.5 Å². The lowest BCUT2D eigenvalue weighted by Crippen LogP contribution is -2.58. The summed E-state index contributed by atoms with van der Waals surface area (Å²) in [5, 5.41) is 31.5. The molecule has 4 aliphatic rings. The van der Waals surface area contributed by atoms with E-state index in [2.05, 4.69) is 20.8 Å². The van der Waals surface area contributed by atoms with Gasteiger partial charge in [0.05, 0.1) is 12.2 Å². The van der Waals surface area contributed by atoms with Crippen molar-refractivity contribution in [1.29, 1.82) is 0 Å². The Morgan fingerprint density at radius 2 is 1.74 bits per heavy atom. The number of anilines is 1. The van der Waals surface area contributed by atoms with Crippen molar-refractivity contribution in [1.82, 2.24) is 0 Å². The minimum absolute atomic E-state index is 0. The Morgan fingerprint density at radius 3 is 2.45 bits per heavy atom. The number of carboxylic acid groups (broad SMARTS) is 1. The van der Waals surface area contributed by atoms with Crippen LogP contribution in [-0.2, 0) is 4.79 Å². The number of hydrogen-bond donors (Lipinski definition) is 4. The van der Waals surface area contributed by atoms with Crippen LogP contribution < -0.4 is 11.4 Å². The SMILES string of the molecule is C[C@H](CCC(=O)O)[C@H]1CCC2C3C(CC[C@@]21C)[C@@]1(C)CC[C@@H](O)CC1C[C@H]3O.Cc1cc(=O)oc2cc(N)ccc12.Cl. The average molecular weight is 604 g/mol. The smallest absolute Gasteiger partial charge is 0.336 e. The molecule has 6 rings (SSSR count). The van der Waals surface area contributed by atoms with E-state index in [-0.39, 0.29) is 47.5 Å². The first-order chi connectivity index (χ1) is 19.3. The Balaban J connectivity index is 0.000000243. The molecule has 5 N–H and O–H groups in total. The topological polar surface area (TPSA) is 134 Å². The number of aliphatic hydroxyl groups is 2. The summed E-state index contributed by atoms with van der Waals surface area (Å²) < 4.78 is 4.99. The number of benzene rings is 1. The lowest BCUT2D eigenvalue weighted by molar-refractivity contribution is -0.174. The number of aliphatic carboxylic acids is 1. The summed E-state index contributed by atoms with van der Waals surface area (Å²) in [6.45, 7) is 9.03. The normalized spacial score (nSPS) is 37.7. The van der Waals surface area contributed by atoms with Gasteiger partial charge < -0.3 is 25.5 Å². The van der Waals surface area contributed by atoms with E-state index in [4.69, 9.17) is 15.3 Å². The first-order valence-electron chi connectivity index (χ1n) is 15.7. The Kier molecular flexibility index (Phi) is 9.76. The van der Waals surface area contributed by atoms with Gasteiger partial charge in [-0.2, -0.15) is 0 Å². The third kappa shape index (κ3) is 5.98. The Hall–Kier alpha value is -2.09. The zero-order valence-corrected chi connectivity index (χ0v) is 26.4. The summed E-state index contributed by atoms with van der Waals surface area (Å²) in [5.41, 5.74) is 7.80. The van der Waals surface area contributed by atoms with Crippen LogP contribution in [0, 0.1) is 53.3 Å². The predicted molar refractivity (Wildman–Crippen MR) is 168 cm³/mol. The molecule has 0 radical (unpaired) electrons. The van der Waals surface area contributed by atoms with Crippen LogP contribution in [0.4, 0.5) is 5.69 Å². The van der Waals surface area contributed by atoms with Crippen molar-refractivity contribution in [3.05, 3.63) is 40.2 Å². The molecule has 0 saturated heterocycles. The minimum Gasteiger partial charge on any atom is -0.481 e. The van der Waals surface area contributed by atoms with Gasteiger partial charge in [0, 0.05) is 29.6 Å². The number of carbonyl (C=O) groups is 1. The molecule has 2 aromatic rings. The second-order valence-electron chi connectivity index (χ2n) is 14.4. The number of aliphatic hydroxyl groups excluding tert-OH is 2. The van der Waals surface area contributed by atoms with E-state index < -0.39 is 5.97 Å². The number of fused-ring (bicyclic) bond motifs is 6. The molecule has 1 aromatic heterocycles. The number of nitrogen functional groups attached to an aromatic ring is 1. The largest absolute Gasteiger partial charge is 0.481 e. The van der Waals surface area contributed by atoms with Gasteiger partial charge in [0.2, 0.25) is 0 Å². The van der Waals surface area contributed by atoms with Crippen LogP contribution in [0.5, 0.6) is 0 Å². The van der Waals surface area contributed by atoms with Crippen LogP contribution in [0.3, 0.4) is 0 Å². The fourth-order valence-corrected chi connectivity index (χ4v) is 10.1. The molecule has 4 aliphatic carbocycles. The van der Waals surface area contributed by atoms with Gasteiger partial charge in [-0.3, -0.25) is 4.79 Å². The number of aryl methyl sites for hydroxylation is 1. The second kappa shape index (κ2) is 12.5. The highest BCUT2D eigenvalue weighted by molar-refractivity contribution is 5.85. The van der Waals surface area contributed by atoms with Crippen molar-refractivity contribution in [2.75, 3.05) is 5.73 Å². The van der Waals surface area contributed by atoms with Crippen LogP contribution in [0.1, 0.15) is 90.5 Å². The van der Waals surface area contributed by atoms with E-state index in [1.165, 1.54) is 31.7 Å². The summed E-state index contributed by atoms with van der Waals surface area (Å²) in [5.74, 6) is 2.36. The fraction of sp³-hybridized carbons (Fsp3) is 0.706. The molecule has 0 bridgehead atoms. The van der Waals surface area contributed by atoms with Crippen molar-refractivity contribution in [3.8, 4) is 0 Å². The van der Waals surface area contributed by atoms with Crippen molar-refractivity contribution in [2.45, 2.75) is 104 Å². The van der Waals surface area contributed by atoms with Gasteiger partial charge in [-0.15, -0.1) is 12.4 Å². The van der Waals surface area contributed by atoms with E-state index in [0.29, 0.717) is 46.8 Å². The van der Waals surface area contributed by atoms with E-state index in [9.17, 15) is 19.8 Å². The number of nitrogens with two attached hydrogens (primary N) is 1. The van der Waals surface area contributed by atoms with E-state index in [1.54, 1.807) is 12.1 Å². The molecule has 8 heteroatoms. The van der Waals surface area contributed by atoms with Crippen molar-refractivity contribution in [3.63, 3.8) is 0 Å². The summed E-state index contributed by atoms with van der Waals surface area (Å²) in [6.07, 6.45) is 9.19. The zero-order valence-electron chi connectivity index (χ0n) is 25.6. The second-order valence-corrected chi connectivity index (χ2v) is 14.4. The maximum absolute atomic E-state index is 11.2. The Morgan fingerprint density at radius 1 is 1.05 bits per heavy atom. The van der Waals surface area contributed by atoms with Gasteiger partial charge in [0.25, 0.3) is 0 Å². The third-order valence-corrected chi connectivity index (χ3v) is 12.2. The Bertz CT molecular complexity index is 1330. The Labute approximate surface area is 255 Å². The zero-order chi connectivity index (χ0) is 29.7.